The van der Waals surface area contributed by atoms with Crippen LogP contribution in [0.15, 0.2) is 0 Å². The first-order valence-corrected chi connectivity index (χ1v) is 8.80. The van der Waals surface area contributed by atoms with Crippen molar-refractivity contribution in [3.8, 4) is 0 Å². The van der Waals surface area contributed by atoms with E-state index in [1.165, 1.54) is 4.31 Å². The molecule has 1 atom stereocenters. The lowest BCUT2D eigenvalue weighted by molar-refractivity contribution is 0.0102. The molecule has 0 aromatic heterocycles. The molecule has 2 fully saturated rings. The first-order chi connectivity index (χ1) is 9.99. The van der Waals surface area contributed by atoms with Gasteiger partial charge in [-0.1, -0.05) is 0 Å². The number of carbonyl (C=O) groups is 1. The smallest absolute Gasteiger partial charge is 0.317 e. The largest absolute Gasteiger partial charge is 0.378 e. The minimum absolute atomic E-state index is 0.0866. The summed E-state index contributed by atoms with van der Waals surface area (Å²) in [4.78, 5) is 13.5. The van der Waals surface area contributed by atoms with Crippen molar-refractivity contribution in [1.82, 2.24) is 14.5 Å². The summed E-state index contributed by atoms with van der Waals surface area (Å²) in [5.41, 5.74) is 0. The van der Waals surface area contributed by atoms with Crippen LogP contribution >= 0.6 is 0 Å². The normalized spacial score (nSPS) is 24.8. The van der Waals surface area contributed by atoms with Crippen molar-refractivity contribution in [3.05, 3.63) is 0 Å². The fourth-order valence-electron chi connectivity index (χ4n) is 2.33. The lowest BCUT2D eigenvalue weighted by Crippen LogP contribution is -2.49. The lowest BCUT2D eigenvalue weighted by Gasteiger charge is -2.30. The minimum atomic E-state index is -3.35. The number of amides is 2. The Labute approximate surface area is 125 Å². The minimum Gasteiger partial charge on any atom is -0.378 e. The van der Waals surface area contributed by atoms with E-state index in [0.717, 1.165) is 0 Å². The van der Waals surface area contributed by atoms with E-state index in [-0.39, 0.29) is 24.4 Å². The van der Waals surface area contributed by atoms with Crippen LogP contribution in [0.5, 0.6) is 0 Å². The van der Waals surface area contributed by atoms with Crippen LogP contribution in [0.3, 0.4) is 0 Å². The van der Waals surface area contributed by atoms with E-state index in [9.17, 15) is 13.2 Å². The molecule has 0 aromatic rings. The summed E-state index contributed by atoms with van der Waals surface area (Å²) in [5, 5.41) is 2.65. The van der Waals surface area contributed by atoms with Crippen molar-refractivity contribution in [3.63, 3.8) is 0 Å². The van der Waals surface area contributed by atoms with Gasteiger partial charge >= 0.3 is 6.03 Å². The van der Waals surface area contributed by atoms with Gasteiger partial charge in [-0.3, -0.25) is 0 Å². The number of urea groups is 1. The van der Waals surface area contributed by atoms with Gasteiger partial charge in [0, 0.05) is 32.7 Å². The van der Waals surface area contributed by atoms with Crippen molar-refractivity contribution >= 4 is 16.1 Å². The second-order valence-corrected chi connectivity index (χ2v) is 7.28. The maximum Gasteiger partial charge on any atom is 0.317 e. The molecule has 0 bridgehead atoms. The summed E-state index contributed by atoms with van der Waals surface area (Å²) >= 11 is 0. The Bertz CT molecular complexity index is 450. The maximum atomic E-state index is 12.2. The average Bonchev–Trinajstić information content (AvgIpc) is 2.48. The van der Waals surface area contributed by atoms with Crippen LogP contribution in [0.2, 0.25) is 0 Å². The van der Waals surface area contributed by atoms with Crippen molar-refractivity contribution in [2.45, 2.75) is 13.0 Å². The Morgan fingerprint density at radius 2 is 1.95 bits per heavy atom. The van der Waals surface area contributed by atoms with Gasteiger partial charge in [0.05, 0.1) is 31.7 Å². The van der Waals surface area contributed by atoms with Gasteiger partial charge in [-0.15, -0.1) is 0 Å². The molecule has 0 saturated carbocycles. The van der Waals surface area contributed by atoms with Gasteiger partial charge in [0.15, 0.2) is 0 Å². The summed E-state index contributed by atoms with van der Waals surface area (Å²) < 4.78 is 36.3. The maximum absolute atomic E-state index is 12.2. The summed E-state index contributed by atoms with van der Waals surface area (Å²) in [6.07, 6.45) is -0.0866. The van der Waals surface area contributed by atoms with Gasteiger partial charge < -0.3 is 19.7 Å². The molecule has 0 spiro atoms. The molecule has 2 amide bonds. The summed E-state index contributed by atoms with van der Waals surface area (Å²) in [6, 6.07) is -0.233. The molecule has 2 aliphatic heterocycles. The van der Waals surface area contributed by atoms with E-state index in [4.69, 9.17) is 9.47 Å². The molecule has 122 valence electrons. The fourth-order valence-corrected chi connectivity index (χ4v) is 3.74. The van der Waals surface area contributed by atoms with Gasteiger partial charge in [-0.2, -0.15) is 4.31 Å². The molecule has 2 rings (SSSR count). The van der Waals surface area contributed by atoms with E-state index in [2.05, 4.69) is 5.32 Å². The molecule has 8 nitrogen and oxygen atoms in total. The third-order valence-electron chi connectivity index (χ3n) is 3.53. The van der Waals surface area contributed by atoms with Crippen LogP contribution in [0.4, 0.5) is 4.79 Å². The highest BCUT2D eigenvalue weighted by Gasteiger charge is 2.27. The quantitative estimate of drug-likeness (QED) is 0.723. The molecular weight excluding hydrogens is 298 g/mol. The van der Waals surface area contributed by atoms with Crippen LogP contribution in [0.1, 0.15) is 6.92 Å². The molecule has 2 saturated heterocycles. The third-order valence-corrected chi connectivity index (χ3v) is 5.37. The first-order valence-electron chi connectivity index (χ1n) is 7.19. The highest BCUT2D eigenvalue weighted by molar-refractivity contribution is 7.89. The third kappa shape index (κ3) is 4.80. The van der Waals surface area contributed by atoms with E-state index in [0.29, 0.717) is 46.0 Å². The second-order valence-electron chi connectivity index (χ2n) is 5.19. The summed E-state index contributed by atoms with van der Waals surface area (Å²) in [7, 11) is -3.35. The monoisotopic (exact) mass is 321 g/mol. The second kappa shape index (κ2) is 7.39. The zero-order chi connectivity index (χ0) is 15.3. The van der Waals surface area contributed by atoms with E-state index in [1.54, 1.807) is 4.90 Å². The lowest BCUT2D eigenvalue weighted by atomic mass is 10.3. The fraction of sp³-hybridized carbons (Fsp3) is 0.917. The van der Waals surface area contributed by atoms with E-state index >= 15 is 0 Å². The van der Waals surface area contributed by atoms with Crippen LogP contribution < -0.4 is 5.32 Å². The van der Waals surface area contributed by atoms with Crippen molar-refractivity contribution in [2.75, 3.05) is 58.3 Å². The molecular formula is C12H23N3O5S. The van der Waals surface area contributed by atoms with Gasteiger partial charge in [0.1, 0.15) is 0 Å². The van der Waals surface area contributed by atoms with Crippen LogP contribution in [0, 0.1) is 0 Å². The molecule has 21 heavy (non-hydrogen) atoms. The highest BCUT2D eigenvalue weighted by atomic mass is 32.2. The van der Waals surface area contributed by atoms with Crippen molar-refractivity contribution in [2.24, 2.45) is 0 Å². The highest BCUT2D eigenvalue weighted by Crippen LogP contribution is 2.09. The Morgan fingerprint density at radius 3 is 2.62 bits per heavy atom. The Kier molecular flexibility index (Phi) is 5.80. The van der Waals surface area contributed by atoms with Gasteiger partial charge in [-0.25, -0.2) is 13.2 Å². The molecule has 2 heterocycles. The molecule has 2 aliphatic rings. The Morgan fingerprint density at radius 1 is 1.24 bits per heavy atom. The zero-order valence-corrected chi connectivity index (χ0v) is 13.1. The molecule has 0 radical (unpaired) electrons. The predicted octanol–water partition coefficient (Wildman–Crippen LogP) is -0.921. The number of rotatable bonds is 4. The molecule has 0 aliphatic carbocycles. The number of hydrogen-bond acceptors (Lipinski definition) is 5. The first kappa shape index (κ1) is 16.5. The topological polar surface area (TPSA) is 88.2 Å². The standard InChI is InChI=1S/C12H23N3O5S/c1-11-10-15(5-8-20-11)21(17,18)9-2-13-12(16)14-3-6-19-7-4-14/h11H,2-10H2,1H3,(H,13,16). The van der Waals surface area contributed by atoms with E-state index in [1.807, 2.05) is 6.92 Å². The average molecular weight is 321 g/mol. The Balaban J connectivity index is 1.75. The number of nitrogens with one attached hydrogen (secondary N) is 1. The number of nitrogens with zero attached hydrogens (tertiary/aromatic N) is 2. The number of sulfonamides is 1. The van der Waals surface area contributed by atoms with Gasteiger partial charge in [0.25, 0.3) is 0 Å². The van der Waals surface area contributed by atoms with Gasteiger partial charge in [-0.05, 0) is 6.92 Å². The van der Waals surface area contributed by atoms with Crippen LogP contribution in [0.25, 0.3) is 0 Å². The van der Waals surface area contributed by atoms with Crippen LogP contribution in [-0.4, -0.2) is 88.1 Å². The molecule has 1 N–H and O–H groups in total. The SMILES string of the molecule is CC1CN(S(=O)(=O)CCNC(=O)N2CCOCC2)CCO1. The van der Waals surface area contributed by atoms with E-state index < -0.39 is 10.0 Å². The number of carbonyl (C=O) groups excluding carboxylic acids is 1. The zero-order valence-electron chi connectivity index (χ0n) is 12.3. The predicted molar refractivity (Wildman–Crippen MR) is 76.6 cm³/mol. The summed E-state index contributed by atoms with van der Waals surface area (Å²) in [6.45, 7) is 5.27. The van der Waals surface area contributed by atoms with Crippen LogP contribution in [-0.2, 0) is 19.5 Å². The number of morpholine rings is 2. The molecule has 0 aromatic carbocycles. The number of ether oxygens (including phenoxy) is 2. The van der Waals surface area contributed by atoms with Crippen molar-refractivity contribution < 1.29 is 22.7 Å². The van der Waals surface area contributed by atoms with Gasteiger partial charge in [0.2, 0.25) is 10.0 Å². The summed E-state index contributed by atoms with van der Waals surface area (Å²) in [5.74, 6) is -0.0875. The van der Waals surface area contributed by atoms with Crippen molar-refractivity contribution in [1.29, 1.82) is 0 Å². The molecule has 9 heteroatoms. The Hall–Kier alpha value is -0.900. The number of hydrogen-bond donors (Lipinski definition) is 1. The molecule has 1 unspecified atom stereocenters.